The highest BCUT2D eigenvalue weighted by atomic mass is 79.9. The van der Waals surface area contributed by atoms with Crippen molar-refractivity contribution in [2.24, 2.45) is 5.92 Å². The summed E-state index contributed by atoms with van der Waals surface area (Å²) in [6.45, 7) is 4.44. The fourth-order valence-electron chi connectivity index (χ4n) is 2.55. The van der Waals surface area contributed by atoms with Crippen LogP contribution in [0.15, 0.2) is 16.6 Å². The fourth-order valence-corrected chi connectivity index (χ4v) is 3.48. The molecule has 0 spiro atoms. The molecule has 0 radical (unpaired) electrons. The van der Waals surface area contributed by atoms with Crippen molar-refractivity contribution in [1.29, 1.82) is 0 Å². The molecule has 0 aliphatic carbocycles. The summed E-state index contributed by atoms with van der Waals surface area (Å²) in [5.41, 5.74) is 0.787. The van der Waals surface area contributed by atoms with E-state index in [1.807, 2.05) is 0 Å². The van der Waals surface area contributed by atoms with Crippen LogP contribution in [0.2, 0.25) is 5.02 Å². The smallest absolute Gasteiger partial charge is 0.125 e. The van der Waals surface area contributed by atoms with Gasteiger partial charge < -0.3 is 10.2 Å². The van der Waals surface area contributed by atoms with E-state index in [1.165, 1.54) is 25.0 Å². The van der Waals surface area contributed by atoms with E-state index in [4.69, 9.17) is 11.6 Å². The van der Waals surface area contributed by atoms with Gasteiger partial charge in [-0.05, 0) is 73.9 Å². The molecule has 1 aromatic rings. The molecule has 1 aliphatic rings. The maximum Gasteiger partial charge on any atom is 0.125 e. The molecule has 0 bridgehead atoms. The predicted molar refractivity (Wildman–Crippen MR) is 82.4 cm³/mol. The average molecular weight is 350 g/mol. The summed E-state index contributed by atoms with van der Waals surface area (Å²) < 4.78 is 13.9. The minimum Gasteiger partial charge on any atom is -0.380 e. The third kappa shape index (κ3) is 3.83. The summed E-state index contributed by atoms with van der Waals surface area (Å²) in [6.07, 6.45) is 2.36. The molecule has 0 amide bonds. The molecule has 106 valence electrons. The first-order valence-corrected chi connectivity index (χ1v) is 7.74. The topological polar surface area (TPSA) is 15.3 Å². The molecule has 0 saturated carbocycles. The van der Waals surface area contributed by atoms with E-state index >= 15 is 0 Å². The molecule has 1 aromatic carbocycles. The molecule has 19 heavy (non-hydrogen) atoms. The Labute approximate surface area is 127 Å². The monoisotopic (exact) mass is 348 g/mol. The second-order valence-electron chi connectivity index (χ2n) is 5.32. The van der Waals surface area contributed by atoms with Gasteiger partial charge in [-0.25, -0.2) is 4.39 Å². The molecule has 1 atom stereocenters. The summed E-state index contributed by atoms with van der Waals surface area (Å²) in [5.74, 6) is 0.304. The Kier molecular flexibility index (Phi) is 5.09. The van der Waals surface area contributed by atoms with E-state index in [0.717, 1.165) is 18.8 Å². The predicted octanol–water partition coefficient (Wildman–Crippen LogP) is 4.38. The first-order valence-electron chi connectivity index (χ1n) is 6.57. The van der Waals surface area contributed by atoms with Gasteiger partial charge in [0, 0.05) is 10.5 Å². The molecule has 1 saturated heterocycles. The standard InChI is InChI=1S/C14H19BrClFN2/c1-9(10-3-5-19(2)6-4-10)18-14-12(15)7-11(17)8-13(14)16/h7-10,18H,3-6H2,1-2H3. The molecule has 2 nitrogen and oxygen atoms in total. The Morgan fingerprint density at radius 3 is 2.63 bits per heavy atom. The van der Waals surface area contributed by atoms with Crippen LogP contribution in [0.5, 0.6) is 0 Å². The third-order valence-electron chi connectivity index (χ3n) is 3.85. The number of benzene rings is 1. The van der Waals surface area contributed by atoms with Crippen molar-refractivity contribution in [1.82, 2.24) is 4.90 Å². The first-order chi connectivity index (χ1) is 8.97. The number of nitrogens with one attached hydrogen (secondary N) is 1. The van der Waals surface area contributed by atoms with Gasteiger partial charge in [0.05, 0.1) is 10.7 Å². The number of halogens is 3. The lowest BCUT2D eigenvalue weighted by molar-refractivity contribution is 0.208. The van der Waals surface area contributed by atoms with Gasteiger partial charge >= 0.3 is 0 Å². The maximum atomic E-state index is 13.2. The zero-order chi connectivity index (χ0) is 14.0. The van der Waals surface area contributed by atoms with Crippen molar-refractivity contribution < 1.29 is 4.39 Å². The molecule has 1 unspecified atom stereocenters. The van der Waals surface area contributed by atoms with Crippen LogP contribution in [0.4, 0.5) is 10.1 Å². The van der Waals surface area contributed by atoms with E-state index in [-0.39, 0.29) is 5.82 Å². The number of piperidine rings is 1. The summed E-state index contributed by atoms with van der Waals surface area (Å²) in [7, 11) is 2.15. The van der Waals surface area contributed by atoms with Crippen LogP contribution < -0.4 is 5.32 Å². The SMILES string of the molecule is CC(Nc1c(Cl)cc(F)cc1Br)C1CCN(C)CC1. The van der Waals surface area contributed by atoms with Gasteiger partial charge in [0.2, 0.25) is 0 Å². The fraction of sp³-hybridized carbons (Fsp3) is 0.571. The molecule has 1 aliphatic heterocycles. The van der Waals surface area contributed by atoms with E-state index < -0.39 is 0 Å². The van der Waals surface area contributed by atoms with Gasteiger partial charge in [-0.2, -0.15) is 0 Å². The Balaban J connectivity index is 2.04. The Hall–Kier alpha value is -0.320. The average Bonchev–Trinajstić information content (AvgIpc) is 2.34. The second kappa shape index (κ2) is 6.42. The van der Waals surface area contributed by atoms with Crippen LogP contribution in [0.25, 0.3) is 0 Å². The molecule has 0 aromatic heterocycles. The second-order valence-corrected chi connectivity index (χ2v) is 6.58. The molecule has 1 N–H and O–H groups in total. The summed E-state index contributed by atoms with van der Waals surface area (Å²) >= 11 is 9.47. The molecule has 5 heteroatoms. The highest BCUT2D eigenvalue weighted by Gasteiger charge is 2.23. The van der Waals surface area contributed by atoms with Crippen LogP contribution in [-0.2, 0) is 0 Å². The lowest BCUT2D eigenvalue weighted by atomic mass is 9.90. The quantitative estimate of drug-likeness (QED) is 0.871. The Bertz CT molecular complexity index is 424. The van der Waals surface area contributed by atoms with Crippen molar-refractivity contribution >= 4 is 33.2 Å². The van der Waals surface area contributed by atoms with Crippen molar-refractivity contribution in [3.05, 3.63) is 27.4 Å². The van der Waals surface area contributed by atoms with Crippen LogP contribution in [-0.4, -0.2) is 31.1 Å². The van der Waals surface area contributed by atoms with Crippen LogP contribution in [0.3, 0.4) is 0 Å². The minimum absolute atomic E-state index is 0.325. The van der Waals surface area contributed by atoms with E-state index in [2.05, 4.69) is 40.1 Å². The molecular formula is C14H19BrClFN2. The summed E-state index contributed by atoms with van der Waals surface area (Å²) in [4.78, 5) is 2.35. The number of hydrogen-bond donors (Lipinski definition) is 1. The lowest BCUT2D eigenvalue weighted by Crippen LogP contribution is -2.37. The normalized spacial score (nSPS) is 19.4. The first kappa shape index (κ1) is 15.1. The van der Waals surface area contributed by atoms with E-state index in [1.54, 1.807) is 0 Å². The summed E-state index contributed by atoms with van der Waals surface area (Å²) in [6, 6.07) is 3.11. The van der Waals surface area contributed by atoms with Crippen molar-refractivity contribution in [3.63, 3.8) is 0 Å². The lowest BCUT2D eigenvalue weighted by Gasteiger charge is -2.33. The number of anilines is 1. The largest absolute Gasteiger partial charge is 0.380 e. The van der Waals surface area contributed by atoms with Crippen molar-refractivity contribution in [2.75, 3.05) is 25.5 Å². The molecular weight excluding hydrogens is 331 g/mol. The molecule has 2 rings (SSSR count). The van der Waals surface area contributed by atoms with E-state index in [9.17, 15) is 4.39 Å². The molecule has 1 fully saturated rings. The van der Waals surface area contributed by atoms with Gasteiger partial charge in [0.15, 0.2) is 0 Å². The number of nitrogens with zero attached hydrogens (tertiary/aromatic N) is 1. The van der Waals surface area contributed by atoms with Gasteiger partial charge in [-0.15, -0.1) is 0 Å². The number of hydrogen-bond acceptors (Lipinski definition) is 2. The van der Waals surface area contributed by atoms with Crippen LogP contribution in [0, 0.1) is 11.7 Å². The summed E-state index contributed by atoms with van der Waals surface area (Å²) in [5, 5.41) is 3.85. The van der Waals surface area contributed by atoms with Gasteiger partial charge in [0.25, 0.3) is 0 Å². The minimum atomic E-state index is -0.325. The maximum absolute atomic E-state index is 13.2. The van der Waals surface area contributed by atoms with Crippen molar-refractivity contribution in [2.45, 2.75) is 25.8 Å². The van der Waals surface area contributed by atoms with Gasteiger partial charge in [-0.1, -0.05) is 11.6 Å². The highest BCUT2D eigenvalue weighted by Crippen LogP contribution is 2.33. The van der Waals surface area contributed by atoms with Crippen LogP contribution in [0.1, 0.15) is 19.8 Å². The third-order valence-corrected chi connectivity index (χ3v) is 4.77. The van der Waals surface area contributed by atoms with Crippen molar-refractivity contribution in [3.8, 4) is 0 Å². The number of rotatable bonds is 3. The van der Waals surface area contributed by atoms with E-state index in [0.29, 0.717) is 21.5 Å². The van der Waals surface area contributed by atoms with Gasteiger partial charge in [0.1, 0.15) is 5.82 Å². The Morgan fingerprint density at radius 2 is 2.05 bits per heavy atom. The zero-order valence-electron chi connectivity index (χ0n) is 11.2. The highest BCUT2D eigenvalue weighted by molar-refractivity contribution is 9.10. The Morgan fingerprint density at radius 1 is 1.42 bits per heavy atom. The van der Waals surface area contributed by atoms with Gasteiger partial charge in [-0.3, -0.25) is 0 Å². The van der Waals surface area contributed by atoms with Crippen LogP contribution >= 0.6 is 27.5 Å². The number of likely N-dealkylation sites (tertiary alicyclic amines) is 1. The zero-order valence-corrected chi connectivity index (χ0v) is 13.6. The molecule has 1 heterocycles.